The number of hydrogen-bond donors (Lipinski definition) is 0. The molecule has 0 spiro atoms. The predicted molar refractivity (Wildman–Crippen MR) is 106 cm³/mol. The highest BCUT2D eigenvalue weighted by Crippen LogP contribution is 2.33. The lowest BCUT2D eigenvalue weighted by Gasteiger charge is -2.38. The smallest absolute Gasteiger partial charge is 0.228 e. The summed E-state index contributed by atoms with van der Waals surface area (Å²) in [5, 5.41) is 0. The number of carbonyl (C=O) groups is 1. The second-order valence-electron chi connectivity index (χ2n) is 7.36. The minimum Gasteiger partial charge on any atom is -0.497 e. The standard InChI is InChI=1S/C21H26N4O3/c1-27-17-5-3-15(4-6-17)13-20(26)25-12-9-16-8-11-24(14-18(16)25)21-22-10-7-19(23-21)28-2/h3-7,10,16,18H,8-9,11-14H2,1-2H3. The number of benzene rings is 1. The largest absolute Gasteiger partial charge is 0.497 e. The topological polar surface area (TPSA) is 67.8 Å². The fraction of sp³-hybridized carbons (Fsp3) is 0.476. The van der Waals surface area contributed by atoms with Crippen LogP contribution < -0.4 is 14.4 Å². The van der Waals surface area contributed by atoms with E-state index >= 15 is 0 Å². The van der Waals surface area contributed by atoms with Crippen molar-refractivity contribution in [2.45, 2.75) is 25.3 Å². The molecule has 2 unspecified atom stereocenters. The van der Waals surface area contributed by atoms with Gasteiger partial charge in [0.25, 0.3) is 0 Å². The van der Waals surface area contributed by atoms with Crippen LogP contribution in [0.25, 0.3) is 0 Å². The maximum atomic E-state index is 13.0. The van der Waals surface area contributed by atoms with Crippen LogP contribution in [0, 0.1) is 5.92 Å². The molecule has 2 aliphatic heterocycles. The van der Waals surface area contributed by atoms with Crippen LogP contribution in [0.2, 0.25) is 0 Å². The van der Waals surface area contributed by atoms with Crippen molar-refractivity contribution in [3.63, 3.8) is 0 Å². The minimum absolute atomic E-state index is 0.186. The number of hydrogen-bond acceptors (Lipinski definition) is 6. The van der Waals surface area contributed by atoms with Gasteiger partial charge in [-0.1, -0.05) is 12.1 Å². The number of anilines is 1. The molecule has 7 nitrogen and oxygen atoms in total. The zero-order valence-electron chi connectivity index (χ0n) is 16.4. The molecule has 4 rings (SSSR count). The number of rotatable bonds is 5. The SMILES string of the molecule is COc1ccc(CC(=O)N2CCC3CCN(c4nccc(OC)n4)CC32)cc1. The summed E-state index contributed by atoms with van der Waals surface area (Å²) in [6.07, 6.45) is 4.26. The van der Waals surface area contributed by atoms with E-state index in [-0.39, 0.29) is 11.9 Å². The van der Waals surface area contributed by atoms with Gasteiger partial charge in [0.1, 0.15) is 5.75 Å². The first kappa shape index (κ1) is 18.5. The normalized spacial score (nSPS) is 21.4. The first-order valence-corrected chi connectivity index (χ1v) is 9.72. The number of amides is 1. The molecule has 1 amide bonds. The van der Waals surface area contributed by atoms with Crippen LogP contribution in [0.1, 0.15) is 18.4 Å². The van der Waals surface area contributed by atoms with Crippen molar-refractivity contribution in [1.29, 1.82) is 0 Å². The van der Waals surface area contributed by atoms with Gasteiger partial charge in [0, 0.05) is 31.9 Å². The Morgan fingerprint density at radius 3 is 2.64 bits per heavy atom. The van der Waals surface area contributed by atoms with Crippen molar-refractivity contribution in [1.82, 2.24) is 14.9 Å². The van der Waals surface area contributed by atoms with E-state index in [1.807, 2.05) is 24.3 Å². The number of nitrogens with zero attached hydrogens (tertiary/aromatic N) is 4. The van der Waals surface area contributed by atoms with E-state index in [2.05, 4.69) is 19.8 Å². The number of aromatic nitrogens is 2. The highest BCUT2D eigenvalue weighted by Gasteiger charge is 2.41. The highest BCUT2D eigenvalue weighted by molar-refractivity contribution is 5.79. The molecule has 2 aliphatic rings. The minimum atomic E-state index is 0.186. The Morgan fingerprint density at radius 1 is 1.11 bits per heavy atom. The van der Waals surface area contributed by atoms with Crippen molar-refractivity contribution in [3.05, 3.63) is 42.1 Å². The predicted octanol–water partition coefficient (Wildman–Crippen LogP) is 2.16. The van der Waals surface area contributed by atoms with Gasteiger partial charge in [-0.05, 0) is 36.5 Å². The molecule has 0 radical (unpaired) electrons. The van der Waals surface area contributed by atoms with Crippen molar-refractivity contribution in [2.75, 3.05) is 38.8 Å². The van der Waals surface area contributed by atoms with Gasteiger partial charge < -0.3 is 19.3 Å². The Morgan fingerprint density at radius 2 is 1.89 bits per heavy atom. The highest BCUT2D eigenvalue weighted by atomic mass is 16.5. The van der Waals surface area contributed by atoms with Gasteiger partial charge in [0.2, 0.25) is 17.7 Å². The van der Waals surface area contributed by atoms with Crippen LogP contribution in [-0.2, 0) is 11.2 Å². The third-order valence-corrected chi connectivity index (χ3v) is 5.81. The number of fused-ring (bicyclic) bond motifs is 1. The third kappa shape index (κ3) is 3.74. The molecule has 2 fully saturated rings. The van der Waals surface area contributed by atoms with E-state index in [9.17, 15) is 4.79 Å². The van der Waals surface area contributed by atoms with Gasteiger partial charge in [0.05, 0.1) is 26.7 Å². The summed E-state index contributed by atoms with van der Waals surface area (Å²) in [6, 6.07) is 9.68. The van der Waals surface area contributed by atoms with Crippen molar-refractivity contribution < 1.29 is 14.3 Å². The average molecular weight is 382 g/mol. The molecule has 3 heterocycles. The second kappa shape index (κ2) is 8.04. The van der Waals surface area contributed by atoms with Gasteiger partial charge in [-0.15, -0.1) is 0 Å². The maximum absolute atomic E-state index is 13.0. The first-order chi connectivity index (χ1) is 13.7. The molecule has 2 atom stereocenters. The van der Waals surface area contributed by atoms with Gasteiger partial charge >= 0.3 is 0 Å². The van der Waals surface area contributed by atoms with Crippen LogP contribution in [-0.4, -0.2) is 60.7 Å². The molecule has 0 aliphatic carbocycles. The number of likely N-dealkylation sites (tertiary alicyclic amines) is 1. The van der Waals surface area contributed by atoms with Gasteiger partial charge in [-0.3, -0.25) is 4.79 Å². The molecule has 0 bridgehead atoms. The Labute approximate surface area is 165 Å². The van der Waals surface area contributed by atoms with Crippen molar-refractivity contribution in [3.8, 4) is 11.6 Å². The van der Waals surface area contributed by atoms with Crippen LogP contribution >= 0.6 is 0 Å². The molecule has 2 aromatic rings. The number of piperidine rings is 1. The molecule has 0 N–H and O–H groups in total. The van der Waals surface area contributed by atoms with Gasteiger partial charge in [0.15, 0.2) is 0 Å². The molecule has 148 valence electrons. The summed E-state index contributed by atoms with van der Waals surface area (Å²) in [6.45, 7) is 2.51. The Kier molecular flexibility index (Phi) is 5.32. The maximum Gasteiger partial charge on any atom is 0.228 e. The summed E-state index contributed by atoms with van der Waals surface area (Å²) in [5.41, 5.74) is 1.01. The monoisotopic (exact) mass is 382 g/mol. The fourth-order valence-electron chi connectivity index (χ4n) is 4.25. The summed E-state index contributed by atoms with van der Waals surface area (Å²) < 4.78 is 10.4. The van der Waals surface area contributed by atoms with E-state index < -0.39 is 0 Å². The fourth-order valence-corrected chi connectivity index (χ4v) is 4.25. The first-order valence-electron chi connectivity index (χ1n) is 9.72. The van der Waals surface area contributed by atoms with E-state index in [1.54, 1.807) is 26.5 Å². The molecular weight excluding hydrogens is 356 g/mol. The zero-order valence-corrected chi connectivity index (χ0v) is 16.4. The molecule has 0 saturated carbocycles. The lowest BCUT2D eigenvalue weighted by atomic mass is 9.92. The lowest BCUT2D eigenvalue weighted by Crippen LogP contribution is -2.50. The number of methoxy groups -OCH3 is 2. The summed E-state index contributed by atoms with van der Waals surface area (Å²) in [7, 11) is 3.25. The summed E-state index contributed by atoms with van der Waals surface area (Å²) in [4.78, 5) is 26.1. The van der Waals surface area contributed by atoms with E-state index in [1.165, 1.54) is 0 Å². The summed E-state index contributed by atoms with van der Waals surface area (Å²) in [5.74, 6) is 2.78. The van der Waals surface area contributed by atoms with Crippen LogP contribution in [0.15, 0.2) is 36.5 Å². The molecule has 1 aromatic heterocycles. The molecular formula is C21H26N4O3. The molecule has 2 saturated heterocycles. The van der Waals surface area contributed by atoms with Crippen molar-refractivity contribution in [2.24, 2.45) is 5.92 Å². The Balaban J connectivity index is 1.44. The lowest BCUT2D eigenvalue weighted by molar-refractivity contribution is -0.131. The number of ether oxygens (including phenoxy) is 2. The Hall–Kier alpha value is -2.83. The molecule has 28 heavy (non-hydrogen) atoms. The van der Waals surface area contributed by atoms with Crippen LogP contribution in [0.3, 0.4) is 0 Å². The molecule has 7 heteroatoms. The van der Waals surface area contributed by atoms with Gasteiger partial charge in [-0.25, -0.2) is 4.98 Å². The van der Waals surface area contributed by atoms with Gasteiger partial charge in [-0.2, -0.15) is 4.98 Å². The number of carbonyl (C=O) groups excluding carboxylic acids is 1. The van der Waals surface area contributed by atoms with Crippen LogP contribution in [0.5, 0.6) is 11.6 Å². The van der Waals surface area contributed by atoms with Crippen molar-refractivity contribution >= 4 is 11.9 Å². The zero-order chi connectivity index (χ0) is 19.5. The summed E-state index contributed by atoms with van der Waals surface area (Å²) >= 11 is 0. The van der Waals surface area contributed by atoms with E-state index in [0.717, 1.165) is 43.8 Å². The van der Waals surface area contributed by atoms with E-state index in [4.69, 9.17) is 9.47 Å². The quantitative estimate of drug-likeness (QED) is 0.790. The Bertz CT molecular complexity index is 827. The average Bonchev–Trinajstić information content (AvgIpc) is 3.17. The van der Waals surface area contributed by atoms with E-state index in [0.29, 0.717) is 24.2 Å². The third-order valence-electron chi connectivity index (χ3n) is 5.81. The second-order valence-corrected chi connectivity index (χ2v) is 7.36. The molecule has 1 aromatic carbocycles. The van der Waals surface area contributed by atoms with Crippen LogP contribution in [0.4, 0.5) is 5.95 Å².